The summed E-state index contributed by atoms with van der Waals surface area (Å²) in [5, 5.41) is 3.92. The molecule has 0 fully saturated rings. The van der Waals surface area contributed by atoms with Crippen molar-refractivity contribution in [2.75, 3.05) is 13.7 Å². The van der Waals surface area contributed by atoms with E-state index in [0.29, 0.717) is 17.1 Å². The molecular weight excluding hydrogens is 431 g/mol. The lowest BCUT2D eigenvalue weighted by atomic mass is 10.2. The lowest BCUT2D eigenvalue weighted by Gasteiger charge is -2.24. The molecule has 3 aromatic rings. The predicted octanol–water partition coefficient (Wildman–Crippen LogP) is 3.34. The van der Waals surface area contributed by atoms with Crippen molar-refractivity contribution in [3.05, 3.63) is 83.7 Å². The number of fused-ring (bicyclic) bond motifs is 1. The lowest BCUT2D eigenvalue weighted by Crippen LogP contribution is -2.42. The molecule has 1 unspecified atom stereocenters. The molecule has 1 atom stereocenters. The Balaban J connectivity index is 1.38. The number of hydrogen-bond acceptors (Lipinski definition) is 7. The number of carbonyl (C=O) groups is 2. The van der Waals surface area contributed by atoms with Gasteiger partial charge in [0, 0.05) is 0 Å². The Bertz CT molecular complexity index is 1210. The quantitative estimate of drug-likeness (QED) is 0.268. The topological polar surface area (TPSA) is 95.5 Å². The lowest BCUT2D eigenvalue weighted by molar-refractivity contribution is -0.130. The monoisotopic (exact) mass is 450 g/mol. The Morgan fingerprint density at radius 2 is 1.82 bits per heavy atom. The molecule has 1 amide bonds. The van der Waals surface area contributed by atoms with Gasteiger partial charge >= 0.3 is 5.97 Å². The smallest absolute Gasteiger partial charge is 0.346 e. The third-order valence-corrected chi connectivity index (χ3v) is 4.67. The van der Waals surface area contributed by atoms with Gasteiger partial charge in [0.05, 0.1) is 18.9 Å². The maximum absolute atomic E-state index is 13.8. The van der Waals surface area contributed by atoms with Crippen molar-refractivity contribution < 1.29 is 32.9 Å². The fourth-order valence-corrected chi connectivity index (χ4v) is 3.02. The fourth-order valence-electron chi connectivity index (χ4n) is 3.02. The van der Waals surface area contributed by atoms with Crippen LogP contribution in [-0.4, -0.2) is 37.9 Å². The number of hydrogen-bond donors (Lipinski definition) is 1. The van der Waals surface area contributed by atoms with Crippen molar-refractivity contribution in [3.63, 3.8) is 0 Å². The van der Waals surface area contributed by atoms with Gasteiger partial charge in [0.15, 0.2) is 23.0 Å². The molecule has 1 aliphatic rings. The van der Waals surface area contributed by atoms with Crippen molar-refractivity contribution in [2.45, 2.75) is 6.10 Å². The minimum Gasteiger partial charge on any atom is -0.493 e. The largest absolute Gasteiger partial charge is 0.493 e. The Morgan fingerprint density at radius 3 is 2.61 bits per heavy atom. The van der Waals surface area contributed by atoms with Gasteiger partial charge in [0.2, 0.25) is 6.10 Å². The van der Waals surface area contributed by atoms with E-state index in [1.54, 1.807) is 30.3 Å². The van der Waals surface area contributed by atoms with Crippen LogP contribution in [0, 0.1) is 5.82 Å². The van der Waals surface area contributed by atoms with E-state index < -0.39 is 23.8 Å². The average molecular weight is 450 g/mol. The Hall–Kier alpha value is -4.40. The van der Waals surface area contributed by atoms with E-state index in [9.17, 15) is 14.0 Å². The summed E-state index contributed by atoms with van der Waals surface area (Å²) >= 11 is 0. The molecule has 0 saturated carbocycles. The first kappa shape index (κ1) is 21.8. The molecule has 0 radical (unpaired) electrons. The highest BCUT2D eigenvalue weighted by molar-refractivity contribution is 5.92. The SMILES string of the molecule is COc1cc(C=NNC(=O)C2COc3ccccc3O2)ccc1OC(=O)c1ccccc1F. The third-order valence-electron chi connectivity index (χ3n) is 4.67. The minimum atomic E-state index is -0.851. The average Bonchev–Trinajstić information content (AvgIpc) is 2.84. The van der Waals surface area contributed by atoms with Gasteiger partial charge in [-0.2, -0.15) is 5.10 Å². The van der Waals surface area contributed by atoms with Crippen LogP contribution >= 0.6 is 0 Å². The van der Waals surface area contributed by atoms with E-state index in [4.69, 9.17) is 18.9 Å². The summed E-state index contributed by atoms with van der Waals surface area (Å²) in [6, 6.07) is 17.2. The van der Waals surface area contributed by atoms with Crippen LogP contribution < -0.4 is 24.4 Å². The van der Waals surface area contributed by atoms with E-state index in [2.05, 4.69) is 10.5 Å². The van der Waals surface area contributed by atoms with Crippen LogP contribution in [0.2, 0.25) is 0 Å². The number of carbonyl (C=O) groups excluding carboxylic acids is 2. The molecule has 0 bridgehead atoms. The van der Waals surface area contributed by atoms with Gasteiger partial charge in [-0.3, -0.25) is 4.79 Å². The number of esters is 1. The molecular formula is C24H19FN2O6. The standard InChI is InChI=1S/C24H19FN2O6/c1-30-21-12-15(10-11-20(21)33-24(29)16-6-2-3-7-17(16)25)13-26-27-23(28)22-14-31-18-8-4-5-9-19(18)32-22/h2-13,22H,14H2,1H3,(H,27,28). The second-order valence-electron chi connectivity index (χ2n) is 6.88. The van der Waals surface area contributed by atoms with Crippen molar-refractivity contribution in [1.29, 1.82) is 0 Å². The highest BCUT2D eigenvalue weighted by Gasteiger charge is 2.27. The van der Waals surface area contributed by atoms with E-state index in [-0.39, 0.29) is 23.7 Å². The van der Waals surface area contributed by atoms with E-state index in [1.165, 1.54) is 43.7 Å². The number of halogens is 1. The van der Waals surface area contributed by atoms with Gasteiger partial charge < -0.3 is 18.9 Å². The summed E-state index contributed by atoms with van der Waals surface area (Å²) in [6.45, 7) is 0.0638. The summed E-state index contributed by atoms with van der Waals surface area (Å²) in [6.07, 6.45) is 0.548. The van der Waals surface area contributed by atoms with Crippen LogP contribution in [0.25, 0.3) is 0 Å². The maximum atomic E-state index is 13.8. The molecule has 9 heteroatoms. The summed E-state index contributed by atoms with van der Waals surface area (Å²) in [5.74, 6) is -0.601. The first-order chi connectivity index (χ1) is 16.0. The summed E-state index contributed by atoms with van der Waals surface area (Å²) < 4.78 is 35.5. The van der Waals surface area contributed by atoms with Gasteiger partial charge in [0.1, 0.15) is 12.4 Å². The number of nitrogens with one attached hydrogen (secondary N) is 1. The molecule has 3 aromatic carbocycles. The van der Waals surface area contributed by atoms with Crippen molar-refractivity contribution >= 4 is 18.1 Å². The number of benzene rings is 3. The van der Waals surface area contributed by atoms with Gasteiger partial charge in [-0.25, -0.2) is 14.6 Å². The Kier molecular flexibility index (Phi) is 6.49. The van der Waals surface area contributed by atoms with Crippen LogP contribution in [0.15, 0.2) is 71.8 Å². The van der Waals surface area contributed by atoms with Crippen LogP contribution in [0.1, 0.15) is 15.9 Å². The second-order valence-corrected chi connectivity index (χ2v) is 6.88. The number of nitrogens with zero attached hydrogens (tertiary/aromatic N) is 1. The number of hydrazone groups is 1. The number of ether oxygens (including phenoxy) is 4. The van der Waals surface area contributed by atoms with Crippen LogP contribution in [0.4, 0.5) is 4.39 Å². The fraction of sp³-hybridized carbons (Fsp3) is 0.125. The number of rotatable bonds is 6. The molecule has 0 aromatic heterocycles. The predicted molar refractivity (Wildman–Crippen MR) is 116 cm³/mol. The first-order valence-corrected chi connectivity index (χ1v) is 9.91. The summed E-state index contributed by atoms with van der Waals surface area (Å²) in [7, 11) is 1.40. The molecule has 8 nitrogen and oxygen atoms in total. The van der Waals surface area contributed by atoms with Gasteiger partial charge in [-0.1, -0.05) is 24.3 Å². The molecule has 1 N–H and O–H groups in total. The minimum absolute atomic E-state index is 0.0638. The molecule has 4 rings (SSSR count). The second kappa shape index (κ2) is 9.82. The highest BCUT2D eigenvalue weighted by Crippen LogP contribution is 2.31. The first-order valence-electron chi connectivity index (χ1n) is 9.91. The van der Waals surface area contributed by atoms with E-state index in [0.717, 1.165) is 0 Å². The summed E-state index contributed by atoms with van der Waals surface area (Å²) in [4.78, 5) is 24.6. The van der Waals surface area contributed by atoms with Gasteiger partial charge in [-0.05, 0) is 48.0 Å². The van der Waals surface area contributed by atoms with Gasteiger partial charge in [0.25, 0.3) is 5.91 Å². The molecule has 33 heavy (non-hydrogen) atoms. The number of amides is 1. The van der Waals surface area contributed by atoms with Gasteiger partial charge in [-0.15, -0.1) is 0 Å². The van der Waals surface area contributed by atoms with Crippen molar-refractivity contribution in [3.8, 4) is 23.0 Å². The van der Waals surface area contributed by atoms with E-state index in [1.807, 2.05) is 6.07 Å². The number of methoxy groups -OCH3 is 1. The molecule has 0 aliphatic carbocycles. The van der Waals surface area contributed by atoms with Crippen LogP contribution in [-0.2, 0) is 4.79 Å². The van der Waals surface area contributed by atoms with Crippen LogP contribution in [0.3, 0.4) is 0 Å². The Morgan fingerprint density at radius 1 is 1.06 bits per heavy atom. The van der Waals surface area contributed by atoms with Crippen LogP contribution in [0.5, 0.6) is 23.0 Å². The number of para-hydroxylation sites is 2. The summed E-state index contributed by atoms with van der Waals surface area (Å²) in [5.41, 5.74) is 2.77. The maximum Gasteiger partial charge on any atom is 0.346 e. The normalized spacial score (nSPS) is 14.5. The molecule has 1 heterocycles. The third kappa shape index (κ3) is 5.09. The zero-order chi connectivity index (χ0) is 23.2. The van der Waals surface area contributed by atoms with E-state index >= 15 is 0 Å². The highest BCUT2D eigenvalue weighted by atomic mass is 19.1. The molecule has 0 saturated heterocycles. The molecule has 0 spiro atoms. The molecule has 1 aliphatic heterocycles. The van der Waals surface area contributed by atoms with Crippen molar-refractivity contribution in [2.24, 2.45) is 5.10 Å². The Labute approximate surface area is 188 Å². The molecule has 168 valence electrons. The van der Waals surface area contributed by atoms with Crippen molar-refractivity contribution in [1.82, 2.24) is 5.43 Å². The zero-order valence-corrected chi connectivity index (χ0v) is 17.5. The zero-order valence-electron chi connectivity index (χ0n) is 17.5.